The lowest BCUT2D eigenvalue weighted by Gasteiger charge is -2.21. The molecule has 0 bridgehead atoms. The van der Waals surface area contributed by atoms with E-state index in [1.807, 2.05) is 6.07 Å². The van der Waals surface area contributed by atoms with E-state index in [9.17, 15) is 8.78 Å². The Morgan fingerprint density at radius 3 is 2.56 bits per heavy atom. The summed E-state index contributed by atoms with van der Waals surface area (Å²) in [6.07, 6.45) is 1.59. The Kier molecular flexibility index (Phi) is 4.42. The lowest BCUT2D eigenvalue weighted by molar-refractivity contribution is -0.0514. The molecule has 3 heteroatoms. The van der Waals surface area contributed by atoms with Crippen molar-refractivity contribution in [2.75, 3.05) is 6.54 Å². The van der Waals surface area contributed by atoms with Crippen LogP contribution in [0, 0.1) is 5.92 Å². The van der Waals surface area contributed by atoms with Gasteiger partial charge in [-0.3, -0.25) is 0 Å². The quantitative estimate of drug-likeness (QED) is 0.820. The molecule has 0 fully saturated rings. The summed E-state index contributed by atoms with van der Waals surface area (Å²) in [4.78, 5) is 0. The van der Waals surface area contributed by atoms with Crippen LogP contribution in [0.25, 0.3) is 0 Å². The van der Waals surface area contributed by atoms with Crippen molar-refractivity contribution in [3.8, 4) is 0 Å². The van der Waals surface area contributed by atoms with Crippen molar-refractivity contribution in [3.63, 3.8) is 0 Å². The van der Waals surface area contributed by atoms with Crippen LogP contribution in [0.2, 0.25) is 0 Å². The van der Waals surface area contributed by atoms with Crippen molar-refractivity contribution in [1.29, 1.82) is 0 Å². The number of benzene rings is 1. The average Bonchev–Trinajstić information content (AvgIpc) is 2.26. The minimum atomic E-state index is -2.75. The van der Waals surface area contributed by atoms with E-state index in [-0.39, 0.29) is 5.56 Å². The van der Waals surface area contributed by atoms with Crippen LogP contribution in [-0.4, -0.2) is 6.54 Å². The highest BCUT2D eigenvalue weighted by Gasteiger charge is 2.35. The molecular weight excluding hydrogens is 208 g/mol. The predicted octanol–water partition coefficient (Wildman–Crippen LogP) is 3.33. The number of halogens is 2. The minimum Gasteiger partial charge on any atom is -0.330 e. The number of aryl methyl sites for hydroxylation is 1. The molecule has 0 heterocycles. The summed E-state index contributed by atoms with van der Waals surface area (Å²) in [5.41, 5.74) is 6.44. The molecule has 0 saturated carbocycles. The molecule has 0 unspecified atom stereocenters. The molecule has 1 aromatic rings. The highest BCUT2D eigenvalue weighted by Crippen LogP contribution is 2.35. The molecule has 1 nitrogen and oxygen atoms in total. The van der Waals surface area contributed by atoms with Crippen molar-refractivity contribution in [3.05, 3.63) is 35.4 Å². The zero-order valence-electron chi connectivity index (χ0n) is 9.84. The molecule has 0 saturated heterocycles. The fourth-order valence-corrected chi connectivity index (χ4v) is 1.57. The number of hydrogen-bond donors (Lipinski definition) is 1. The molecule has 0 atom stereocenters. The molecule has 0 aliphatic heterocycles. The zero-order chi connectivity index (χ0) is 12.2. The summed E-state index contributed by atoms with van der Waals surface area (Å²) in [5, 5.41) is 0. The lowest BCUT2D eigenvalue weighted by Crippen LogP contribution is -2.21. The lowest BCUT2D eigenvalue weighted by atomic mass is 9.95. The van der Waals surface area contributed by atoms with Crippen molar-refractivity contribution < 1.29 is 8.78 Å². The summed E-state index contributed by atoms with van der Waals surface area (Å²) in [6, 6.07) is 6.65. The largest absolute Gasteiger partial charge is 0.330 e. The Labute approximate surface area is 95.7 Å². The Morgan fingerprint density at radius 2 is 2.00 bits per heavy atom. The Morgan fingerprint density at radius 1 is 1.31 bits per heavy atom. The van der Waals surface area contributed by atoms with Crippen LogP contribution in [0.1, 0.15) is 31.4 Å². The number of hydrogen-bond acceptors (Lipinski definition) is 1. The van der Waals surface area contributed by atoms with E-state index >= 15 is 0 Å². The van der Waals surface area contributed by atoms with Crippen LogP contribution in [-0.2, 0) is 12.3 Å². The van der Waals surface area contributed by atoms with Gasteiger partial charge in [0, 0.05) is 11.5 Å². The fraction of sp³-hybridized carbons (Fsp3) is 0.538. The minimum absolute atomic E-state index is 0.108. The number of nitrogens with two attached hydrogens (primary N) is 1. The standard InChI is InChI=1S/C13H19F2N/c1-10(2)13(14,15)12-7-3-5-11(9-12)6-4-8-16/h3,5,7,9-10H,4,6,8,16H2,1-2H3. The summed E-state index contributed by atoms with van der Waals surface area (Å²) in [5.74, 6) is -3.43. The van der Waals surface area contributed by atoms with E-state index in [2.05, 4.69) is 0 Å². The normalized spacial score (nSPS) is 12.1. The Hall–Kier alpha value is -0.960. The molecule has 0 amide bonds. The zero-order valence-corrected chi connectivity index (χ0v) is 9.84. The van der Waals surface area contributed by atoms with Gasteiger partial charge < -0.3 is 5.73 Å². The van der Waals surface area contributed by atoms with Crippen molar-refractivity contribution in [2.24, 2.45) is 11.7 Å². The van der Waals surface area contributed by atoms with Gasteiger partial charge >= 0.3 is 0 Å². The van der Waals surface area contributed by atoms with Gasteiger partial charge in [0.2, 0.25) is 0 Å². The van der Waals surface area contributed by atoms with Gasteiger partial charge in [0.15, 0.2) is 0 Å². The summed E-state index contributed by atoms with van der Waals surface area (Å²) in [7, 11) is 0. The smallest absolute Gasteiger partial charge is 0.275 e. The third-order valence-electron chi connectivity index (χ3n) is 2.71. The maximum Gasteiger partial charge on any atom is 0.275 e. The van der Waals surface area contributed by atoms with Crippen molar-refractivity contribution in [2.45, 2.75) is 32.6 Å². The SMILES string of the molecule is CC(C)C(F)(F)c1cccc(CCCN)c1. The highest BCUT2D eigenvalue weighted by atomic mass is 19.3. The van der Waals surface area contributed by atoms with Crippen LogP contribution < -0.4 is 5.73 Å². The molecule has 0 radical (unpaired) electrons. The second kappa shape index (κ2) is 5.39. The van der Waals surface area contributed by atoms with Crippen LogP contribution in [0.15, 0.2) is 24.3 Å². The molecule has 0 aromatic heterocycles. The third kappa shape index (κ3) is 3.01. The van der Waals surface area contributed by atoms with Gasteiger partial charge in [0.1, 0.15) is 0 Å². The van der Waals surface area contributed by atoms with Gasteiger partial charge in [0.05, 0.1) is 0 Å². The summed E-state index contributed by atoms with van der Waals surface area (Å²) in [6.45, 7) is 3.66. The van der Waals surface area contributed by atoms with Gasteiger partial charge in [-0.2, -0.15) is 0 Å². The first-order chi connectivity index (χ1) is 7.48. The molecule has 0 spiro atoms. The Balaban J connectivity index is 2.89. The van der Waals surface area contributed by atoms with Gasteiger partial charge in [-0.05, 0) is 31.0 Å². The van der Waals surface area contributed by atoms with E-state index in [1.165, 1.54) is 19.9 Å². The van der Waals surface area contributed by atoms with Gasteiger partial charge in [-0.1, -0.05) is 32.0 Å². The molecule has 2 N–H and O–H groups in total. The first-order valence-corrected chi connectivity index (χ1v) is 5.65. The van der Waals surface area contributed by atoms with E-state index in [0.29, 0.717) is 6.54 Å². The van der Waals surface area contributed by atoms with E-state index in [1.54, 1.807) is 12.1 Å². The summed E-state index contributed by atoms with van der Waals surface area (Å²) < 4.78 is 27.5. The number of alkyl halides is 2. The second-order valence-electron chi connectivity index (χ2n) is 4.37. The molecule has 0 aliphatic rings. The van der Waals surface area contributed by atoms with Gasteiger partial charge in [-0.15, -0.1) is 0 Å². The number of rotatable bonds is 5. The van der Waals surface area contributed by atoms with E-state index < -0.39 is 11.8 Å². The van der Waals surface area contributed by atoms with Crippen LogP contribution >= 0.6 is 0 Å². The van der Waals surface area contributed by atoms with E-state index in [4.69, 9.17) is 5.73 Å². The van der Waals surface area contributed by atoms with Gasteiger partial charge in [-0.25, -0.2) is 8.78 Å². The van der Waals surface area contributed by atoms with Crippen molar-refractivity contribution >= 4 is 0 Å². The molecule has 1 aromatic carbocycles. The average molecular weight is 227 g/mol. The van der Waals surface area contributed by atoms with Crippen molar-refractivity contribution in [1.82, 2.24) is 0 Å². The maximum absolute atomic E-state index is 13.8. The first kappa shape index (κ1) is 13.1. The molecule has 1 rings (SSSR count). The monoisotopic (exact) mass is 227 g/mol. The Bertz CT molecular complexity index is 334. The van der Waals surface area contributed by atoms with Crippen LogP contribution in [0.4, 0.5) is 8.78 Å². The van der Waals surface area contributed by atoms with Crippen LogP contribution in [0.3, 0.4) is 0 Å². The predicted molar refractivity (Wildman–Crippen MR) is 62.5 cm³/mol. The molecule has 0 aliphatic carbocycles. The van der Waals surface area contributed by atoms with Gasteiger partial charge in [0.25, 0.3) is 5.92 Å². The fourth-order valence-electron chi connectivity index (χ4n) is 1.57. The molecule has 16 heavy (non-hydrogen) atoms. The first-order valence-electron chi connectivity index (χ1n) is 5.65. The topological polar surface area (TPSA) is 26.0 Å². The molecular formula is C13H19F2N. The third-order valence-corrected chi connectivity index (χ3v) is 2.71. The summed E-state index contributed by atoms with van der Waals surface area (Å²) >= 11 is 0. The highest BCUT2D eigenvalue weighted by molar-refractivity contribution is 5.27. The second-order valence-corrected chi connectivity index (χ2v) is 4.37. The molecule has 90 valence electrons. The van der Waals surface area contributed by atoms with Crippen LogP contribution in [0.5, 0.6) is 0 Å². The maximum atomic E-state index is 13.8. The van der Waals surface area contributed by atoms with E-state index in [0.717, 1.165) is 18.4 Å².